The highest BCUT2D eigenvalue weighted by Gasteiger charge is 2.23. The van der Waals surface area contributed by atoms with Gasteiger partial charge >= 0.3 is 0 Å². The summed E-state index contributed by atoms with van der Waals surface area (Å²) >= 11 is 1.81. The van der Waals surface area contributed by atoms with E-state index in [0.717, 1.165) is 32.4 Å². The molecule has 0 amide bonds. The van der Waals surface area contributed by atoms with Gasteiger partial charge in [0.2, 0.25) is 0 Å². The molecule has 0 unspecified atom stereocenters. The average molecular weight is 241 g/mol. The number of rotatable bonds is 7. The first-order valence-electron chi connectivity index (χ1n) is 6.03. The van der Waals surface area contributed by atoms with Crippen LogP contribution in [0.25, 0.3) is 0 Å². The monoisotopic (exact) mass is 241 g/mol. The zero-order valence-corrected chi connectivity index (χ0v) is 11.4. The first-order valence-corrected chi connectivity index (χ1v) is 6.91. The lowest BCUT2D eigenvalue weighted by Gasteiger charge is -2.30. The summed E-state index contributed by atoms with van der Waals surface area (Å²) in [6, 6.07) is 4.26. The number of thiophene rings is 1. The van der Waals surface area contributed by atoms with Crippen LogP contribution >= 0.6 is 11.3 Å². The van der Waals surface area contributed by atoms with Crippen LogP contribution in [0.3, 0.4) is 0 Å². The zero-order valence-electron chi connectivity index (χ0n) is 10.6. The van der Waals surface area contributed by atoms with Gasteiger partial charge in [0.15, 0.2) is 0 Å². The molecule has 3 heteroatoms. The van der Waals surface area contributed by atoms with Crippen molar-refractivity contribution in [2.75, 3.05) is 20.1 Å². The van der Waals surface area contributed by atoms with Crippen molar-refractivity contribution < 1.29 is 5.11 Å². The fraction of sp³-hybridized carbons (Fsp3) is 0.692. The van der Waals surface area contributed by atoms with E-state index in [2.05, 4.69) is 43.3 Å². The van der Waals surface area contributed by atoms with Gasteiger partial charge in [-0.05, 0) is 37.8 Å². The summed E-state index contributed by atoms with van der Waals surface area (Å²) in [6.07, 6.45) is 2.73. The maximum atomic E-state index is 10.2. The van der Waals surface area contributed by atoms with Crippen molar-refractivity contribution in [2.24, 2.45) is 0 Å². The van der Waals surface area contributed by atoms with Crippen LogP contribution in [0.1, 0.15) is 31.6 Å². The molecule has 1 N–H and O–H groups in total. The van der Waals surface area contributed by atoms with Crippen LogP contribution in [0.2, 0.25) is 0 Å². The maximum Gasteiger partial charge on any atom is 0.0768 e. The minimum Gasteiger partial charge on any atom is -0.389 e. The molecule has 2 nitrogen and oxygen atoms in total. The predicted molar refractivity (Wildman–Crippen MR) is 71.1 cm³/mol. The third-order valence-corrected chi connectivity index (χ3v) is 4.14. The Morgan fingerprint density at radius 2 is 2.06 bits per heavy atom. The van der Waals surface area contributed by atoms with E-state index in [4.69, 9.17) is 0 Å². The van der Waals surface area contributed by atoms with Crippen molar-refractivity contribution in [1.29, 1.82) is 0 Å². The molecule has 0 saturated heterocycles. The van der Waals surface area contributed by atoms with Gasteiger partial charge in [0.05, 0.1) is 5.60 Å². The van der Waals surface area contributed by atoms with E-state index in [0.29, 0.717) is 0 Å². The second-order valence-corrected chi connectivity index (χ2v) is 5.53. The van der Waals surface area contributed by atoms with Crippen molar-refractivity contribution in [2.45, 2.75) is 38.7 Å². The van der Waals surface area contributed by atoms with Gasteiger partial charge in [-0.2, -0.15) is 0 Å². The second kappa shape index (κ2) is 6.38. The van der Waals surface area contributed by atoms with Crippen LogP contribution in [0, 0.1) is 0 Å². The van der Waals surface area contributed by atoms with Crippen LogP contribution < -0.4 is 0 Å². The van der Waals surface area contributed by atoms with E-state index < -0.39 is 5.60 Å². The van der Waals surface area contributed by atoms with Gasteiger partial charge in [0.25, 0.3) is 0 Å². The van der Waals surface area contributed by atoms with Gasteiger partial charge in [-0.25, -0.2) is 0 Å². The van der Waals surface area contributed by atoms with Crippen molar-refractivity contribution in [3.8, 4) is 0 Å². The molecule has 0 fully saturated rings. The van der Waals surface area contributed by atoms with E-state index in [9.17, 15) is 5.11 Å². The first-order chi connectivity index (χ1) is 7.59. The van der Waals surface area contributed by atoms with E-state index >= 15 is 0 Å². The third-order valence-electron chi connectivity index (χ3n) is 3.20. The van der Waals surface area contributed by atoms with Gasteiger partial charge < -0.3 is 10.0 Å². The molecule has 16 heavy (non-hydrogen) atoms. The summed E-state index contributed by atoms with van der Waals surface area (Å²) in [5.74, 6) is 0. The second-order valence-electron chi connectivity index (χ2n) is 4.50. The van der Waals surface area contributed by atoms with Gasteiger partial charge in [-0.15, -0.1) is 11.3 Å². The number of hydrogen-bond acceptors (Lipinski definition) is 3. The largest absolute Gasteiger partial charge is 0.389 e. The minimum atomic E-state index is -0.510. The summed E-state index contributed by atoms with van der Waals surface area (Å²) in [6.45, 7) is 5.89. The summed E-state index contributed by atoms with van der Waals surface area (Å²) in [7, 11) is 2.09. The fourth-order valence-electron chi connectivity index (χ4n) is 1.81. The molecule has 1 aromatic rings. The van der Waals surface area contributed by atoms with Crippen LogP contribution in [-0.2, 0) is 6.42 Å². The number of likely N-dealkylation sites (N-methyl/N-ethyl adjacent to an activating group) is 1. The molecule has 0 radical (unpaired) electrons. The molecule has 1 heterocycles. The quantitative estimate of drug-likeness (QED) is 0.793. The average Bonchev–Trinajstić information content (AvgIpc) is 2.79. The number of aliphatic hydroxyl groups is 1. The molecule has 1 aromatic heterocycles. The first kappa shape index (κ1) is 13.7. The van der Waals surface area contributed by atoms with Crippen molar-refractivity contribution in [1.82, 2.24) is 4.90 Å². The summed E-state index contributed by atoms with van der Waals surface area (Å²) in [4.78, 5) is 3.65. The van der Waals surface area contributed by atoms with Crippen LogP contribution in [0.4, 0.5) is 0 Å². The Balaban J connectivity index is 2.32. The van der Waals surface area contributed by atoms with Crippen LogP contribution in [0.15, 0.2) is 17.5 Å². The van der Waals surface area contributed by atoms with Gasteiger partial charge in [0, 0.05) is 18.0 Å². The Bertz CT molecular complexity index is 280. The minimum absolute atomic E-state index is 0.510. The SMILES string of the molecule is CCC(O)(CC)CN(C)CCc1cccs1. The van der Waals surface area contributed by atoms with Crippen molar-refractivity contribution >= 4 is 11.3 Å². The molecule has 0 aliphatic carbocycles. The Morgan fingerprint density at radius 3 is 2.56 bits per heavy atom. The highest BCUT2D eigenvalue weighted by atomic mass is 32.1. The molecule has 0 aliphatic rings. The van der Waals surface area contributed by atoms with Crippen molar-refractivity contribution in [3.05, 3.63) is 22.4 Å². The van der Waals surface area contributed by atoms with Gasteiger partial charge in [-0.1, -0.05) is 19.9 Å². The van der Waals surface area contributed by atoms with E-state index in [1.807, 2.05) is 0 Å². The van der Waals surface area contributed by atoms with E-state index in [-0.39, 0.29) is 0 Å². The molecular formula is C13H23NOS. The third kappa shape index (κ3) is 4.24. The van der Waals surface area contributed by atoms with Crippen LogP contribution in [-0.4, -0.2) is 35.7 Å². The topological polar surface area (TPSA) is 23.5 Å². The smallest absolute Gasteiger partial charge is 0.0768 e. The lowest BCUT2D eigenvalue weighted by molar-refractivity contribution is 0.00339. The molecule has 0 atom stereocenters. The molecule has 92 valence electrons. The summed E-state index contributed by atoms with van der Waals surface area (Å²) in [5, 5.41) is 12.3. The molecule has 0 aromatic carbocycles. The lowest BCUT2D eigenvalue weighted by atomic mass is 9.97. The molecule has 1 rings (SSSR count). The number of hydrogen-bond donors (Lipinski definition) is 1. The fourth-order valence-corrected chi connectivity index (χ4v) is 2.51. The Labute approximate surface area is 103 Å². The predicted octanol–water partition coefficient (Wildman–Crippen LogP) is 2.77. The molecular weight excluding hydrogens is 218 g/mol. The number of nitrogens with zero attached hydrogens (tertiary/aromatic N) is 1. The zero-order chi connectivity index (χ0) is 12.0. The Kier molecular flexibility index (Phi) is 5.46. The Morgan fingerprint density at radius 1 is 1.38 bits per heavy atom. The van der Waals surface area contributed by atoms with E-state index in [1.165, 1.54) is 4.88 Å². The van der Waals surface area contributed by atoms with Gasteiger partial charge in [0.1, 0.15) is 0 Å². The maximum absolute atomic E-state index is 10.2. The normalized spacial score (nSPS) is 12.3. The summed E-state index contributed by atoms with van der Waals surface area (Å²) < 4.78 is 0. The Hall–Kier alpha value is -0.380. The van der Waals surface area contributed by atoms with Crippen LogP contribution in [0.5, 0.6) is 0 Å². The van der Waals surface area contributed by atoms with E-state index in [1.54, 1.807) is 11.3 Å². The van der Waals surface area contributed by atoms with Crippen molar-refractivity contribution in [3.63, 3.8) is 0 Å². The summed E-state index contributed by atoms with van der Waals surface area (Å²) in [5.41, 5.74) is -0.510. The molecule has 0 bridgehead atoms. The molecule has 0 spiro atoms. The highest BCUT2D eigenvalue weighted by molar-refractivity contribution is 7.09. The van der Waals surface area contributed by atoms with Gasteiger partial charge in [-0.3, -0.25) is 0 Å². The molecule has 0 aliphatic heterocycles. The molecule has 0 saturated carbocycles. The highest BCUT2D eigenvalue weighted by Crippen LogP contribution is 2.16. The standard InChI is InChI=1S/C13H23NOS/c1-4-13(15,5-2)11-14(3)9-8-12-7-6-10-16-12/h6-7,10,15H,4-5,8-9,11H2,1-3H3. The lowest BCUT2D eigenvalue weighted by Crippen LogP contribution is -2.41.